The Kier molecular flexibility index (Phi) is 4.30. The molecule has 0 amide bonds. The van der Waals surface area contributed by atoms with E-state index >= 15 is 0 Å². The number of benzene rings is 2. The lowest BCUT2D eigenvalue weighted by atomic mass is 9.99. The largest absolute Gasteiger partial charge is 0.497 e. The maximum Gasteiger partial charge on any atom is 0.193 e. The Hall–Kier alpha value is -2.00. The number of carbonyl (C=O) groups is 1. The van der Waals surface area contributed by atoms with Crippen molar-refractivity contribution in [2.75, 3.05) is 14.2 Å². The number of carbonyl (C=O) groups excluding carboxylic acids is 1. The summed E-state index contributed by atoms with van der Waals surface area (Å²) in [6, 6.07) is 10.4. The standard InChI is InChI=1S/C16H15ClO3/c1-10-4-5-12(17)8-15(10)16(18)11-6-13(19-2)9-14(7-11)20-3/h4-9H,1-3H3. The Bertz CT molecular complexity index is 628. The molecule has 0 bridgehead atoms. The molecular weight excluding hydrogens is 276 g/mol. The average molecular weight is 291 g/mol. The van der Waals surface area contributed by atoms with E-state index in [0.29, 0.717) is 27.6 Å². The minimum Gasteiger partial charge on any atom is -0.497 e. The summed E-state index contributed by atoms with van der Waals surface area (Å²) in [5, 5.41) is 0.536. The molecule has 0 aliphatic carbocycles. The SMILES string of the molecule is COc1cc(OC)cc(C(=O)c2cc(Cl)ccc2C)c1. The van der Waals surface area contributed by atoms with Crippen LogP contribution in [0.4, 0.5) is 0 Å². The van der Waals surface area contributed by atoms with Crippen LogP contribution in [0, 0.1) is 6.92 Å². The molecule has 0 saturated heterocycles. The number of hydrogen-bond acceptors (Lipinski definition) is 3. The molecule has 0 aliphatic rings. The zero-order chi connectivity index (χ0) is 14.7. The lowest BCUT2D eigenvalue weighted by molar-refractivity contribution is 0.103. The van der Waals surface area contributed by atoms with Crippen molar-refractivity contribution in [1.29, 1.82) is 0 Å². The summed E-state index contributed by atoms with van der Waals surface area (Å²) >= 11 is 5.96. The Morgan fingerprint density at radius 2 is 1.60 bits per heavy atom. The molecule has 0 heterocycles. The summed E-state index contributed by atoms with van der Waals surface area (Å²) in [4.78, 5) is 12.6. The van der Waals surface area contributed by atoms with Crippen LogP contribution < -0.4 is 9.47 Å². The first-order valence-corrected chi connectivity index (χ1v) is 6.47. The molecule has 2 aromatic rings. The third-order valence-corrected chi connectivity index (χ3v) is 3.29. The quantitative estimate of drug-likeness (QED) is 0.801. The van der Waals surface area contributed by atoms with Gasteiger partial charge in [0.1, 0.15) is 11.5 Å². The molecule has 0 atom stereocenters. The highest BCUT2D eigenvalue weighted by atomic mass is 35.5. The number of hydrogen-bond donors (Lipinski definition) is 0. The van der Waals surface area contributed by atoms with Gasteiger partial charge in [-0.25, -0.2) is 0 Å². The van der Waals surface area contributed by atoms with Crippen LogP contribution in [0.15, 0.2) is 36.4 Å². The van der Waals surface area contributed by atoms with Gasteiger partial charge in [-0.15, -0.1) is 0 Å². The maximum atomic E-state index is 12.6. The molecule has 0 spiro atoms. The Morgan fingerprint density at radius 1 is 1.00 bits per heavy atom. The number of ketones is 1. The highest BCUT2D eigenvalue weighted by molar-refractivity contribution is 6.31. The molecule has 104 valence electrons. The van der Waals surface area contributed by atoms with Gasteiger partial charge in [-0.2, -0.15) is 0 Å². The minimum absolute atomic E-state index is 0.109. The topological polar surface area (TPSA) is 35.5 Å². The maximum absolute atomic E-state index is 12.6. The Balaban J connectivity index is 2.50. The number of halogens is 1. The number of methoxy groups -OCH3 is 2. The Morgan fingerprint density at radius 3 is 2.15 bits per heavy atom. The lowest BCUT2D eigenvalue weighted by Crippen LogP contribution is -2.04. The van der Waals surface area contributed by atoms with E-state index in [1.165, 1.54) is 0 Å². The summed E-state index contributed by atoms with van der Waals surface area (Å²) < 4.78 is 10.4. The van der Waals surface area contributed by atoms with Crippen LogP contribution in [0.1, 0.15) is 21.5 Å². The number of aryl methyl sites for hydroxylation is 1. The molecule has 0 N–H and O–H groups in total. The average Bonchev–Trinajstić information content (AvgIpc) is 2.48. The van der Waals surface area contributed by atoms with Gasteiger partial charge in [0.05, 0.1) is 14.2 Å². The predicted molar refractivity (Wildman–Crippen MR) is 79.2 cm³/mol. The Labute approximate surface area is 123 Å². The number of ether oxygens (including phenoxy) is 2. The van der Waals surface area contributed by atoms with Crippen molar-refractivity contribution in [2.24, 2.45) is 0 Å². The summed E-state index contributed by atoms with van der Waals surface area (Å²) in [6.07, 6.45) is 0. The summed E-state index contributed by atoms with van der Waals surface area (Å²) in [6.45, 7) is 1.88. The molecule has 0 saturated carbocycles. The van der Waals surface area contributed by atoms with Crippen LogP contribution in [0.2, 0.25) is 5.02 Å². The van der Waals surface area contributed by atoms with Gasteiger partial charge in [0.2, 0.25) is 0 Å². The smallest absolute Gasteiger partial charge is 0.193 e. The van der Waals surface area contributed by atoms with Gasteiger partial charge in [-0.05, 0) is 36.8 Å². The van der Waals surface area contributed by atoms with Crippen molar-refractivity contribution in [3.05, 3.63) is 58.1 Å². The lowest BCUT2D eigenvalue weighted by Gasteiger charge is -2.09. The van der Waals surface area contributed by atoms with Gasteiger partial charge in [0.15, 0.2) is 5.78 Å². The van der Waals surface area contributed by atoms with E-state index in [9.17, 15) is 4.79 Å². The molecule has 2 rings (SSSR count). The second kappa shape index (κ2) is 5.97. The molecule has 0 fully saturated rings. The first kappa shape index (κ1) is 14.4. The second-order valence-electron chi connectivity index (χ2n) is 4.39. The third kappa shape index (κ3) is 2.94. The van der Waals surface area contributed by atoms with E-state index in [1.54, 1.807) is 44.6 Å². The summed E-state index contributed by atoms with van der Waals surface area (Å²) in [5.74, 6) is 1.04. The van der Waals surface area contributed by atoms with Crippen molar-refractivity contribution in [3.63, 3.8) is 0 Å². The van der Waals surface area contributed by atoms with E-state index in [4.69, 9.17) is 21.1 Å². The number of rotatable bonds is 4. The predicted octanol–water partition coefficient (Wildman–Crippen LogP) is 3.90. The normalized spacial score (nSPS) is 10.2. The zero-order valence-electron chi connectivity index (χ0n) is 11.6. The van der Waals surface area contributed by atoms with Crippen LogP contribution >= 0.6 is 11.6 Å². The van der Waals surface area contributed by atoms with Crippen molar-refractivity contribution in [1.82, 2.24) is 0 Å². The fourth-order valence-electron chi connectivity index (χ4n) is 1.93. The molecule has 2 aromatic carbocycles. The fraction of sp³-hybridized carbons (Fsp3) is 0.188. The van der Waals surface area contributed by atoms with Crippen LogP contribution in [0.5, 0.6) is 11.5 Å². The molecular formula is C16H15ClO3. The van der Waals surface area contributed by atoms with Crippen molar-refractivity contribution in [2.45, 2.75) is 6.92 Å². The highest BCUT2D eigenvalue weighted by Crippen LogP contribution is 2.26. The van der Waals surface area contributed by atoms with Crippen LogP contribution in [0.3, 0.4) is 0 Å². The van der Waals surface area contributed by atoms with Crippen LogP contribution in [-0.4, -0.2) is 20.0 Å². The summed E-state index contributed by atoms with van der Waals surface area (Å²) in [7, 11) is 3.10. The second-order valence-corrected chi connectivity index (χ2v) is 4.83. The fourth-order valence-corrected chi connectivity index (χ4v) is 2.10. The zero-order valence-corrected chi connectivity index (χ0v) is 12.3. The summed E-state index contributed by atoms with van der Waals surface area (Å²) in [5.41, 5.74) is 1.96. The van der Waals surface area contributed by atoms with Gasteiger partial charge in [0.25, 0.3) is 0 Å². The van der Waals surface area contributed by atoms with Gasteiger partial charge >= 0.3 is 0 Å². The van der Waals surface area contributed by atoms with E-state index < -0.39 is 0 Å². The van der Waals surface area contributed by atoms with E-state index in [-0.39, 0.29) is 5.78 Å². The van der Waals surface area contributed by atoms with E-state index in [1.807, 2.05) is 13.0 Å². The first-order chi connectivity index (χ1) is 9.55. The molecule has 20 heavy (non-hydrogen) atoms. The van der Waals surface area contributed by atoms with Crippen LogP contribution in [0.25, 0.3) is 0 Å². The monoisotopic (exact) mass is 290 g/mol. The highest BCUT2D eigenvalue weighted by Gasteiger charge is 2.14. The first-order valence-electron chi connectivity index (χ1n) is 6.09. The van der Waals surface area contributed by atoms with Gasteiger partial charge in [-0.1, -0.05) is 17.7 Å². The van der Waals surface area contributed by atoms with Crippen molar-refractivity contribution >= 4 is 17.4 Å². The molecule has 3 nitrogen and oxygen atoms in total. The van der Waals surface area contributed by atoms with Gasteiger partial charge < -0.3 is 9.47 Å². The van der Waals surface area contributed by atoms with Gasteiger partial charge in [0, 0.05) is 22.2 Å². The minimum atomic E-state index is -0.109. The van der Waals surface area contributed by atoms with Crippen molar-refractivity contribution < 1.29 is 14.3 Å². The van der Waals surface area contributed by atoms with E-state index in [0.717, 1.165) is 5.56 Å². The van der Waals surface area contributed by atoms with Gasteiger partial charge in [-0.3, -0.25) is 4.79 Å². The molecule has 4 heteroatoms. The molecule has 0 radical (unpaired) electrons. The van der Waals surface area contributed by atoms with Crippen molar-refractivity contribution in [3.8, 4) is 11.5 Å². The van der Waals surface area contributed by atoms with Crippen LogP contribution in [-0.2, 0) is 0 Å². The third-order valence-electron chi connectivity index (χ3n) is 3.06. The molecule has 0 aliphatic heterocycles. The van der Waals surface area contributed by atoms with E-state index in [2.05, 4.69) is 0 Å². The molecule has 0 aromatic heterocycles. The molecule has 0 unspecified atom stereocenters.